The molecule has 0 amide bonds. The highest BCUT2D eigenvalue weighted by Crippen LogP contribution is 2.11. The third-order valence-electron chi connectivity index (χ3n) is 3.34. The Hall–Kier alpha value is -0.120. The molecule has 0 aromatic heterocycles. The smallest absolute Gasteiger partial charge is 0.0718 e. The van der Waals surface area contributed by atoms with Crippen LogP contribution >= 0.6 is 0 Å². The van der Waals surface area contributed by atoms with E-state index in [2.05, 4.69) is 23.6 Å². The van der Waals surface area contributed by atoms with E-state index in [9.17, 15) is 5.11 Å². The SMILES string of the molecule is CCC(C)CN1CCN(CC(C)(C)O)CC1. The van der Waals surface area contributed by atoms with Crippen LogP contribution in [0.15, 0.2) is 0 Å². The van der Waals surface area contributed by atoms with Gasteiger partial charge in [-0.05, 0) is 19.8 Å². The van der Waals surface area contributed by atoms with Gasteiger partial charge in [-0.3, -0.25) is 4.90 Å². The van der Waals surface area contributed by atoms with Gasteiger partial charge < -0.3 is 10.0 Å². The van der Waals surface area contributed by atoms with Crippen molar-refractivity contribution < 1.29 is 5.11 Å². The number of β-amino-alcohol motifs (C(OH)–C–C–N with tert-alkyl or cyclic N) is 1. The highest BCUT2D eigenvalue weighted by molar-refractivity contribution is 4.78. The van der Waals surface area contributed by atoms with E-state index in [1.807, 2.05) is 13.8 Å². The van der Waals surface area contributed by atoms with E-state index in [1.165, 1.54) is 13.0 Å². The Morgan fingerprint density at radius 1 is 1.12 bits per heavy atom. The maximum absolute atomic E-state index is 9.76. The molecule has 1 rings (SSSR count). The van der Waals surface area contributed by atoms with Crippen molar-refractivity contribution in [3.8, 4) is 0 Å². The largest absolute Gasteiger partial charge is 0.389 e. The van der Waals surface area contributed by atoms with Crippen LogP contribution in [0.4, 0.5) is 0 Å². The Balaban J connectivity index is 2.23. The number of rotatable bonds is 5. The normalized spacial score (nSPS) is 22.3. The summed E-state index contributed by atoms with van der Waals surface area (Å²) in [5.74, 6) is 0.806. The summed E-state index contributed by atoms with van der Waals surface area (Å²) >= 11 is 0. The second kappa shape index (κ2) is 5.99. The van der Waals surface area contributed by atoms with Gasteiger partial charge in [-0.1, -0.05) is 20.3 Å². The minimum absolute atomic E-state index is 0.557. The average molecular weight is 228 g/mol. The Bertz CT molecular complexity index is 193. The molecule has 0 aromatic carbocycles. The Kier molecular flexibility index (Phi) is 5.22. The first-order valence-corrected chi connectivity index (χ1v) is 6.58. The zero-order valence-electron chi connectivity index (χ0n) is 11.4. The van der Waals surface area contributed by atoms with Crippen molar-refractivity contribution in [2.24, 2.45) is 5.92 Å². The van der Waals surface area contributed by atoms with Gasteiger partial charge >= 0.3 is 0 Å². The van der Waals surface area contributed by atoms with Gasteiger partial charge in [-0.2, -0.15) is 0 Å². The van der Waals surface area contributed by atoms with E-state index in [-0.39, 0.29) is 0 Å². The van der Waals surface area contributed by atoms with Crippen LogP contribution in [0.2, 0.25) is 0 Å². The lowest BCUT2D eigenvalue weighted by atomic mass is 10.1. The molecule has 0 aliphatic carbocycles. The van der Waals surface area contributed by atoms with Crippen LogP contribution in [-0.4, -0.2) is 59.8 Å². The Labute approximate surface area is 100 Å². The number of piperazine rings is 1. The summed E-state index contributed by atoms with van der Waals surface area (Å²) in [6.07, 6.45) is 1.27. The lowest BCUT2D eigenvalue weighted by molar-refractivity contribution is 0.0160. The number of aliphatic hydroxyl groups is 1. The Morgan fingerprint density at radius 3 is 2.06 bits per heavy atom. The molecule has 1 atom stereocenters. The van der Waals surface area contributed by atoms with Gasteiger partial charge in [0.2, 0.25) is 0 Å². The van der Waals surface area contributed by atoms with Crippen LogP contribution in [0.25, 0.3) is 0 Å². The predicted octanol–water partition coefficient (Wildman–Crippen LogP) is 1.42. The van der Waals surface area contributed by atoms with E-state index < -0.39 is 5.60 Å². The third-order valence-corrected chi connectivity index (χ3v) is 3.34. The van der Waals surface area contributed by atoms with Crippen molar-refractivity contribution in [1.82, 2.24) is 9.80 Å². The maximum atomic E-state index is 9.76. The molecule has 3 heteroatoms. The van der Waals surface area contributed by atoms with E-state index in [0.29, 0.717) is 0 Å². The molecule has 1 aliphatic heterocycles. The molecule has 1 fully saturated rings. The molecule has 0 aromatic rings. The van der Waals surface area contributed by atoms with Crippen molar-refractivity contribution >= 4 is 0 Å². The second-order valence-corrected chi connectivity index (χ2v) is 5.90. The van der Waals surface area contributed by atoms with Gasteiger partial charge in [0.05, 0.1) is 5.60 Å². The van der Waals surface area contributed by atoms with Gasteiger partial charge in [-0.15, -0.1) is 0 Å². The van der Waals surface area contributed by atoms with Crippen molar-refractivity contribution in [3.05, 3.63) is 0 Å². The Morgan fingerprint density at radius 2 is 1.62 bits per heavy atom. The molecule has 0 saturated carbocycles. The van der Waals surface area contributed by atoms with Crippen molar-refractivity contribution in [2.45, 2.75) is 39.7 Å². The van der Waals surface area contributed by atoms with E-state index in [4.69, 9.17) is 0 Å². The van der Waals surface area contributed by atoms with Crippen LogP contribution in [0.5, 0.6) is 0 Å². The number of nitrogens with zero attached hydrogens (tertiary/aromatic N) is 2. The maximum Gasteiger partial charge on any atom is 0.0718 e. The first-order valence-electron chi connectivity index (χ1n) is 6.58. The summed E-state index contributed by atoms with van der Waals surface area (Å²) in [6.45, 7) is 14.9. The monoisotopic (exact) mass is 228 g/mol. The fraction of sp³-hybridized carbons (Fsp3) is 1.00. The number of hydrogen-bond donors (Lipinski definition) is 1. The zero-order chi connectivity index (χ0) is 12.2. The topological polar surface area (TPSA) is 26.7 Å². The molecule has 0 radical (unpaired) electrons. The fourth-order valence-electron chi connectivity index (χ4n) is 2.25. The third kappa shape index (κ3) is 5.28. The average Bonchev–Trinajstić information content (AvgIpc) is 2.18. The molecular weight excluding hydrogens is 200 g/mol. The molecule has 1 unspecified atom stereocenters. The fourth-order valence-corrected chi connectivity index (χ4v) is 2.25. The summed E-state index contributed by atoms with van der Waals surface area (Å²) in [4.78, 5) is 4.92. The van der Waals surface area contributed by atoms with Gasteiger partial charge in [-0.25, -0.2) is 0 Å². The van der Waals surface area contributed by atoms with Crippen molar-refractivity contribution in [1.29, 1.82) is 0 Å². The minimum Gasteiger partial charge on any atom is -0.389 e. The predicted molar refractivity (Wildman–Crippen MR) is 68.6 cm³/mol. The molecule has 1 N–H and O–H groups in total. The highest BCUT2D eigenvalue weighted by atomic mass is 16.3. The summed E-state index contributed by atoms with van der Waals surface area (Å²) in [7, 11) is 0. The molecule has 0 spiro atoms. The van der Waals surface area contributed by atoms with Gasteiger partial charge in [0.15, 0.2) is 0 Å². The zero-order valence-corrected chi connectivity index (χ0v) is 11.4. The molecule has 1 saturated heterocycles. The highest BCUT2D eigenvalue weighted by Gasteiger charge is 2.22. The molecule has 0 bridgehead atoms. The van der Waals surface area contributed by atoms with Crippen LogP contribution in [0, 0.1) is 5.92 Å². The van der Waals surface area contributed by atoms with Crippen LogP contribution < -0.4 is 0 Å². The molecule has 1 aliphatic rings. The van der Waals surface area contributed by atoms with Crippen molar-refractivity contribution in [2.75, 3.05) is 39.3 Å². The summed E-state index contributed by atoms with van der Waals surface area (Å²) < 4.78 is 0. The molecular formula is C13H28N2O. The summed E-state index contributed by atoms with van der Waals surface area (Å²) in [5, 5.41) is 9.76. The minimum atomic E-state index is -0.557. The lowest BCUT2D eigenvalue weighted by Gasteiger charge is -2.38. The molecule has 1 heterocycles. The molecule has 3 nitrogen and oxygen atoms in total. The van der Waals surface area contributed by atoms with Gasteiger partial charge in [0.25, 0.3) is 0 Å². The van der Waals surface area contributed by atoms with Gasteiger partial charge in [0.1, 0.15) is 0 Å². The first kappa shape index (κ1) is 13.9. The summed E-state index contributed by atoms with van der Waals surface area (Å²) in [5.41, 5.74) is -0.557. The standard InChI is InChI=1S/C13H28N2O/c1-5-12(2)10-14-6-8-15(9-7-14)11-13(3,4)16/h12,16H,5-11H2,1-4H3. The van der Waals surface area contributed by atoms with E-state index in [0.717, 1.165) is 38.6 Å². The van der Waals surface area contributed by atoms with Crippen LogP contribution in [0.1, 0.15) is 34.1 Å². The van der Waals surface area contributed by atoms with Crippen molar-refractivity contribution in [3.63, 3.8) is 0 Å². The molecule has 96 valence electrons. The van der Waals surface area contributed by atoms with Crippen LogP contribution in [0.3, 0.4) is 0 Å². The van der Waals surface area contributed by atoms with Gasteiger partial charge in [0, 0.05) is 39.3 Å². The lowest BCUT2D eigenvalue weighted by Crippen LogP contribution is -2.51. The quantitative estimate of drug-likeness (QED) is 0.771. The summed E-state index contributed by atoms with van der Waals surface area (Å²) in [6, 6.07) is 0. The molecule has 16 heavy (non-hydrogen) atoms. The van der Waals surface area contributed by atoms with E-state index in [1.54, 1.807) is 0 Å². The van der Waals surface area contributed by atoms with Crippen LogP contribution in [-0.2, 0) is 0 Å². The first-order chi connectivity index (χ1) is 7.40. The second-order valence-electron chi connectivity index (χ2n) is 5.90. The number of hydrogen-bond acceptors (Lipinski definition) is 3. The van der Waals surface area contributed by atoms with E-state index >= 15 is 0 Å².